The Balaban J connectivity index is 1.52. The fourth-order valence-electron chi connectivity index (χ4n) is 2.83. The van der Waals surface area contributed by atoms with Gasteiger partial charge in [0.15, 0.2) is 6.61 Å². The predicted octanol–water partition coefficient (Wildman–Crippen LogP) is 2.61. The van der Waals surface area contributed by atoms with Crippen LogP contribution in [0.3, 0.4) is 0 Å². The molecule has 1 aliphatic heterocycles. The van der Waals surface area contributed by atoms with Gasteiger partial charge in [-0.05, 0) is 43.9 Å². The van der Waals surface area contributed by atoms with E-state index in [2.05, 4.69) is 20.2 Å². The molecule has 26 heavy (non-hydrogen) atoms. The summed E-state index contributed by atoms with van der Waals surface area (Å²) >= 11 is 0. The summed E-state index contributed by atoms with van der Waals surface area (Å²) in [4.78, 5) is 23.0. The van der Waals surface area contributed by atoms with E-state index in [0.717, 1.165) is 37.2 Å². The van der Waals surface area contributed by atoms with Gasteiger partial charge in [0, 0.05) is 31.4 Å². The number of nitrogens with zero attached hydrogens (tertiary/aromatic N) is 3. The van der Waals surface area contributed by atoms with Crippen molar-refractivity contribution in [3.8, 4) is 5.88 Å². The van der Waals surface area contributed by atoms with Gasteiger partial charge in [0.1, 0.15) is 5.82 Å². The molecule has 0 aliphatic carbocycles. The number of carbonyl (C=O) groups excluding carboxylic acids is 1. The Hall–Kier alpha value is -2.70. The molecule has 138 valence electrons. The molecule has 0 unspecified atom stereocenters. The van der Waals surface area contributed by atoms with Crippen molar-refractivity contribution in [2.75, 3.05) is 24.6 Å². The molecule has 2 aromatic rings. The van der Waals surface area contributed by atoms with Crippen LogP contribution in [-0.2, 0) is 11.3 Å². The molecule has 0 spiro atoms. The molecule has 2 heterocycles. The lowest BCUT2D eigenvalue weighted by molar-refractivity contribution is -0.123. The van der Waals surface area contributed by atoms with Crippen molar-refractivity contribution in [3.63, 3.8) is 0 Å². The van der Waals surface area contributed by atoms with Gasteiger partial charge in [-0.2, -0.15) is 4.98 Å². The second-order valence-corrected chi connectivity index (χ2v) is 6.39. The zero-order valence-corrected chi connectivity index (χ0v) is 14.9. The van der Waals surface area contributed by atoms with Crippen molar-refractivity contribution in [2.45, 2.75) is 32.7 Å². The summed E-state index contributed by atoms with van der Waals surface area (Å²) < 4.78 is 18.4. The van der Waals surface area contributed by atoms with E-state index in [9.17, 15) is 9.18 Å². The predicted molar refractivity (Wildman–Crippen MR) is 96.6 cm³/mol. The molecule has 1 fully saturated rings. The molecular formula is C19H23FN4O2. The van der Waals surface area contributed by atoms with Crippen LogP contribution in [0.15, 0.2) is 30.3 Å². The summed E-state index contributed by atoms with van der Waals surface area (Å²) in [6, 6.07) is 7.72. The first kappa shape index (κ1) is 18.1. The van der Waals surface area contributed by atoms with Gasteiger partial charge < -0.3 is 15.0 Å². The maximum absolute atomic E-state index is 12.9. The number of aryl methyl sites for hydroxylation is 1. The quantitative estimate of drug-likeness (QED) is 0.860. The van der Waals surface area contributed by atoms with Gasteiger partial charge in [-0.3, -0.25) is 4.79 Å². The van der Waals surface area contributed by atoms with Crippen LogP contribution in [0.5, 0.6) is 5.88 Å². The van der Waals surface area contributed by atoms with Gasteiger partial charge in [-0.15, -0.1) is 0 Å². The molecule has 0 radical (unpaired) electrons. The summed E-state index contributed by atoms with van der Waals surface area (Å²) in [6.07, 6.45) is 3.51. The maximum Gasteiger partial charge on any atom is 0.258 e. The lowest BCUT2D eigenvalue weighted by Gasteiger charge is -2.26. The third-order valence-electron chi connectivity index (χ3n) is 4.21. The van der Waals surface area contributed by atoms with E-state index in [4.69, 9.17) is 4.74 Å². The average Bonchev–Trinajstić information content (AvgIpc) is 2.66. The monoisotopic (exact) mass is 358 g/mol. The van der Waals surface area contributed by atoms with E-state index in [1.54, 1.807) is 18.2 Å². The molecule has 1 amide bonds. The number of rotatable bonds is 6. The highest BCUT2D eigenvalue weighted by Crippen LogP contribution is 2.19. The van der Waals surface area contributed by atoms with Crippen LogP contribution in [0.4, 0.5) is 10.3 Å². The van der Waals surface area contributed by atoms with Gasteiger partial charge >= 0.3 is 0 Å². The number of benzene rings is 1. The van der Waals surface area contributed by atoms with Crippen molar-refractivity contribution in [3.05, 3.63) is 47.4 Å². The zero-order chi connectivity index (χ0) is 18.4. The molecule has 0 atom stereocenters. The van der Waals surface area contributed by atoms with E-state index in [-0.39, 0.29) is 18.3 Å². The first-order chi connectivity index (χ1) is 12.6. The van der Waals surface area contributed by atoms with Crippen LogP contribution in [0, 0.1) is 12.7 Å². The molecule has 3 rings (SSSR count). The largest absolute Gasteiger partial charge is 0.467 e. The summed E-state index contributed by atoms with van der Waals surface area (Å²) in [5.41, 5.74) is 1.63. The molecule has 1 aromatic carbocycles. The SMILES string of the molecule is Cc1cc(OCC(=O)NCc2ccc(F)cc2)nc(N2CCCCC2)n1. The minimum absolute atomic E-state index is 0.128. The molecule has 1 aromatic heterocycles. The highest BCUT2D eigenvalue weighted by Gasteiger charge is 2.15. The van der Waals surface area contributed by atoms with Crippen molar-refractivity contribution >= 4 is 11.9 Å². The Morgan fingerprint density at radius 1 is 1.19 bits per heavy atom. The van der Waals surface area contributed by atoms with Crippen molar-refractivity contribution in [1.82, 2.24) is 15.3 Å². The van der Waals surface area contributed by atoms with Crippen LogP contribution >= 0.6 is 0 Å². The van der Waals surface area contributed by atoms with Crippen molar-refractivity contribution in [1.29, 1.82) is 0 Å². The maximum atomic E-state index is 12.9. The highest BCUT2D eigenvalue weighted by molar-refractivity contribution is 5.77. The third kappa shape index (κ3) is 5.15. The standard InChI is InChI=1S/C19H23FN4O2/c1-14-11-18(23-19(22-14)24-9-3-2-4-10-24)26-13-17(25)21-12-15-5-7-16(20)8-6-15/h5-8,11H,2-4,9-10,12-13H2,1H3,(H,21,25). The summed E-state index contributed by atoms with van der Waals surface area (Å²) in [7, 11) is 0. The second kappa shape index (κ2) is 8.60. The molecule has 7 heteroatoms. The number of anilines is 1. The Kier molecular flexibility index (Phi) is 5.99. The minimum atomic E-state index is -0.299. The number of halogens is 1. The molecule has 6 nitrogen and oxygen atoms in total. The van der Waals surface area contributed by atoms with E-state index >= 15 is 0 Å². The number of aromatic nitrogens is 2. The Bertz CT molecular complexity index is 746. The Morgan fingerprint density at radius 3 is 2.65 bits per heavy atom. The van der Waals surface area contributed by atoms with E-state index in [1.165, 1.54) is 18.6 Å². The smallest absolute Gasteiger partial charge is 0.258 e. The van der Waals surface area contributed by atoms with E-state index in [0.29, 0.717) is 18.4 Å². The van der Waals surface area contributed by atoms with Crippen LogP contribution in [-0.4, -0.2) is 35.6 Å². The summed E-state index contributed by atoms with van der Waals surface area (Å²) in [5.74, 6) is 0.499. The van der Waals surface area contributed by atoms with Gasteiger partial charge in [-0.25, -0.2) is 9.37 Å². The number of carbonyl (C=O) groups is 1. The van der Waals surface area contributed by atoms with Gasteiger partial charge in [0.2, 0.25) is 11.8 Å². The highest BCUT2D eigenvalue weighted by atomic mass is 19.1. The average molecular weight is 358 g/mol. The lowest BCUT2D eigenvalue weighted by atomic mass is 10.1. The number of hydrogen-bond acceptors (Lipinski definition) is 5. The number of nitrogens with one attached hydrogen (secondary N) is 1. The number of piperidine rings is 1. The van der Waals surface area contributed by atoms with Crippen LogP contribution in [0.1, 0.15) is 30.5 Å². The Labute approximate surface area is 152 Å². The van der Waals surface area contributed by atoms with Crippen LogP contribution in [0.2, 0.25) is 0 Å². The summed E-state index contributed by atoms with van der Waals surface area (Å²) in [6.45, 7) is 3.97. The van der Waals surface area contributed by atoms with Crippen LogP contribution < -0.4 is 15.0 Å². The molecular weight excluding hydrogens is 335 g/mol. The lowest BCUT2D eigenvalue weighted by Crippen LogP contribution is -2.31. The molecule has 1 saturated heterocycles. The van der Waals surface area contributed by atoms with Gasteiger partial charge in [0.05, 0.1) is 0 Å². The van der Waals surface area contributed by atoms with Gasteiger partial charge in [-0.1, -0.05) is 12.1 Å². The molecule has 1 aliphatic rings. The van der Waals surface area contributed by atoms with E-state index < -0.39 is 0 Å². The molecule has 0 saturated carbocycles. The fraction of sp³-hybridized carbons (Fsp3) is 0.421. The summed E-state index contributed by atoms with van der Waals surface area (Å²) in [5, 5.41) is 2.74. The van der Waals surface area contributed by atoms with Crippen LogP contribution in [0.25, 0.3) is 0 Å². The zero-order valence-electron chi connectivity index (χ0n) is 14.9. The van der Waals surface area contributed by atoms with E-state index in [1.807, 2.05) is 6.92 Å². The van der Waals surface area contributed by atoms with Crippen molar-refractivity contribution < 1.29 is 13.9 Å². The number of amides is 1. The minimum Gasteiger partial charge on any atom is -0.467 e. The first-order valence-corrected chi connectivity index (χ1v) is 8.85. The number of hydrogen-bond donors (Lipinski definition) is 1. The normalized spacial score (nSPS) is 14.2. The van der Waals surface area contributed by atoms with Gasteiger partial charge in [0.25, 0.3) is 5.91 Å². The molecule has 1 N–H and O–H groups in total. The topological polar surface area (TPSA) is 67.3 Å². The van der Waals surface area contributed by atoms with Crippen molar-refractivity contribution in [2.24, 2.45) is 0 Å². The second-order valence-electron chi connectivity index (χ2n) is 6.39. The Morgan fingerprint density at radius 2 is 1.92 bits per heavy atom. The first-order valence-electron chi connectivity index (χ1n) is 8.85. The third-order valence-corrected chi connectivity index (χ3v) is 4.21. The fourth-order valence-corrected chi connectivity index (χ4v) is 2.83. The number of ether oxygens (including phenoxy) is 1. The molecule has 0 bridgehead atoms.